The van der Waals surface area contributed by atoms with E-state index in [-0.39, 0.29) is 16.9 Å². The molecule has 5 nitrogen and oxygen atoms in total. The Kier molecular flexibility index (Phi) is 4.71. The van der Waals surface area contributed by atoms with E-state index in [0.717, 1.165) is 12.5 Å². The van der Waals surface area contributed by atoms with E-state index in [9.17, 15) is 9.59 Å². The van der Waals surface area contributed by atoms with Crippen molar-refractivity contribution in [3.05, 3.63) is 29.3 Å². The zero-order valence-corrected chi connectivity index (χ0v) is 10.3. The number of hydrogen-bond donors (Lipinski definition) is 2. The van der Waals surface area contributed by atoms with Gasteiger partial charge >= 0.3 is 11.9 Å². The van der Waals surface area contributed by atoms with E-state index >= 15 is 0 Å². The number of ether oxygens (including phenoxy) is 1. The van der Waals surface area contributed by atoms with Crippen molar-refractivity contribution < 1.29 is 24.5 Å². The highest BCUT2D eigenvalue weighted by molar-refractivity contribution is 5.94. The summed E-state index contributed by atoms with van der Waals surface area (Å²) in [6, 6.07) is 3.77. The summed E-state index contributed by atoms with van der Waals surface area (Å²) in [5.41, 5.74) is -0.177. The van der Waals surface area contributed by atoms with Gasteiger partial charge in [0.15, 0.2) is 0 Å². The van der Waals surface area contributed by atoms with Crippen LogP contribution in [0.2, 0.25) is 0 Å². The molecule has 0 fully saturated rings. The van der Waals surface area contributed by atoms with Crippen LogP contribution >= 0.6 is 0 Å². The zero-order chi connectivity index (χ0) is 13.7. The quantitative estimate of drug-likeness (QED) is 0.812. The summed E-state index contributed by atoms with van der Waals surface area (Å²) < 4.78 is 5.37. The van der Waals surface area contributed by atoms with Gasteiger partial charge in [-0.05, 0) is 30.5 Å². The molecule has 0 amide bonds. The van der Waals surface area contributed by atoms with Crippen LogP contribution in [0.5, 0.6) is 5.75 Å². The fourth-order valence-corrected chi connectivity index (χ4v) is 1.34. The molecule has 0 heterocycles. The summed E-state index contributed by atoms with van der Waals surface area (Å²) in [5, 5.41) is 17.8. The molecule has 1 rings (SSSR count). The molecule has 0 saturated carbocycles. The molecule has 1 aromatic rings. The molecule has 5 heteroatoms. The van der Waals surface area contributed by atoms with Crippen molar-refractivity contribution in [2.75, 3.05) is 6.61 Å². The van der Waals surface area contributed by atoms with Crippen LogP contribution in [0.25, 0.3) is 0 Å². The Morgan fingerprint density at radius 1 is 1.11 bits per heavy atom. The second kappa shape index (κ2) is 6.05. The van der Waals surface area contributed by atoms with E-state index in [2.05, 4.69) is 0 Å². The molecule has 0 spiro atoms. The van der Waals surface area contributed by atoms with Crippen LogP contribution in [-0.4, -0.2) is 28.8 Å². The summed E-state index contributed by atoms with van der Waals surface area (Å²) >= 11 is 0. The average molecular weight is 252 g/mol. The molecule has 1 aromatic carbocycles. The predicted molar refractivity (Wildman–Crippen MR) is 65.3 cm³/mol. The summed E-state index contributed by atoms with van der Waals surface area (Å²) in [4.78, 5) is 21.7. The lowest BCUT2D eigenvalue weighted by Crippen LogP contribution is -2.06. The molecule has 0 radical (unpaired) electrons. The van der Waals surface area contributed by atoms with Gasteiger partial charge in [-0.1, -0.05) is 13.8 Å². The number of hydrogen-bond acceptors (Lipinski definition) is 3. The van der Waals surface area contributed by atoms with Crippen molar-refractivity contribution in [1.82, 2.24) is 0 Å². The van der Waals surface area contributed by atoms with Crippen LogP contribution in [0.3, 0.4) is 0 Å². The first-order valence-electron chi connectivity index (χ1n) is 5.64. The predicted octanol–water partition coefficient (Wildman–Crippen LogP) is 2.51. The summed E-state index contributed by atoms with van der Waals surface area (Å²) in [7, 11) is 0. The second-order valence-corrected chi connectivity index (χ2v) is 4.39. The van der Waals surface area contributed by atoms with E-state index in [0.29, 0.717) is 12.5 Å². The molecule has 2 N–H and O–H groups in total. The third-order valence-corrected chi connectivity index (χ3v) is 2.36. The van der Waals surface area contributed by atoms with Crippen LogP contribution in [-0.2, 0) is 0 Å². The lowest BCUT2D eigenvalue weighted by molar-refractivity contribution is 0.0696. The Labute approximate surface area is 105 Å². The third-order valence-electron chi connectivity index (χ3n) is 2.36. The Bertz CT molecular complexity index is 418. The van der Waals surface area contributed by atoms with Crippen LogP contribution in [0.4, 0.5) is 0 Å². The van der Waals surface area contributed by atoms with Crippen LogP contribution in [0.1, 0.15) is 41.0 Å². The number of benzene rings is 1. The van der Waals surface area contributed by atoms with Gasteiger partial charge in [-0.15, -0.1) is 0 Å². The lowest BCUT2D eigenvalue weighted by atomic mass is 10.1. The molecule has 0 aliphatic carbocycles. The van der Waals surface area contributed by atoms with Crippen LogP contribution < -0.4 is 4.74 Å². The fourth-order valence-electron chi connectivity index (χ4n) is 1.34. The molecule has 0 atom stereocenters. The van der Waals surface area contributed by atoms with Crippen molar-refractivity contribution in [1.29, 1.82) is 0 Å². The molecule has 0 aliphatic rings. The van der Waals surface area contributed by atoms with E-state index in [4.69, 9.17) is 14.9 Å². The Morgan fingerprint density at radius 3 is 2.00 bits per heavy atom. The van der Waals surface area contributed by atoms with E-state index in [1.165, 1.54) is 12.1 Å². The van der Waals surface area contributed by atoms with Gasteiger partial charge in [-0.2, -0.15) is 0 Å². The van der Waals surface area contributed by atoms with Crippen molar-refractivity contribution in [3.8, 4) is 5.75 Å². The number of carboxylic acid groups (broad SMARTS) is 2. The van der Waals surface area contributed by atoms with E-state index in [1.807, 2.05) is 13.8 Å². The summed E-state index contributed by atoms with van der Waals surface area (Å²) in [6.45, 7) is 4.51. The van der Waals surface area contributed by atoms with Crippen LogP contribution in [0.15, 0.2) is 18.2 Å². The van der Waals surface area contributed by atoms with Gasteiger partial charge in [0.05, 0.1) is 17.7 Å². The van der Waals surface area contributed by atoms with E-state index < -0.39 is 11.9 Å². The molecule has 0 aliphatic heterocycles. The minimum Gasteiger partial charge on any atom is -0.494 e. The molecule has 0 aromatic heterocycles. The highest BCUT2D eigenvalue weighted by Gasteiger charge is 2.12. The summed E-state index contributed by atoms with van der Waals surface area (Å²) in [5.74, 6) is -1.61. The monoisotopic (exact) mass is 252 g/mol. The first-order valence-corrected chi connectivity index (χ1v) is 5.64. The molecule has 0 unspecified atom stereocenters. The van der Waals surface area contributed by atoms with Crippen molar-refractivity contribution in [2.45, 2.75) is 20.3 Å². The number of carboxylic acids is 2. The number of carbonyl (C=O) groups is 2. The Balaban J connectivity index is 2.89. The zero-order valence-electron chi connectivity index (χ0n) is 10.3. The highest BCUT2D eigenvalue weighted by atomic mass is 16.5. The maximum absolute atomic E-state index is 10.9. The first-order chi connectivity index (χ1) is 8.40. The molecule has 0 saturated heterocycles. The van der Waals surface area contributed by atoms with Crippen LogP contribution in [0, 0.1) is 5.92 Å². The molecular formula is C13H16O5. The maximum Gasteiger partial charge on any atom is 0.335 e. The van der Waals surface area contributed by atoms with Gasteiger partial charge in [0.25, 0.3) is 0 Å². The molecular weight excluding hydrogens is 236 g/mol. The second-order valence-electron chi connectivity index (χ2n) is 4.39. The van der Waals surface area contributed by atoms with Crippen molar-refractivity contribution in [3.63, 3.8) is 0 Å². The van der Waals surface area contributed by atoms with E-state index in [1.54, 1.807) is 0 Å². The smallest absolute Gasteiger partial charge is 0.335 e. The SMILES string of the molecule is CC(C)CCOc1cc(C(=O)O)cc(C(=O)O)c1. The highest BCUT2D eigenvalue weighted by Crippen LogP contribution is 2.18. The average Bonchev–Trinajstić information content (AvgIpc) is 2.28. The molecule has 98 valence electrons. The molecule has 0 bridgehead atoms. The van der Waals surface area contributed by atoms with Gasteiger partial charge in [0.1, 0.15) is 5.75 Å². The number of rotatable bonds is 6. The normalized spacial score (nSPS) is 10.4. The first kappa shape index (κ1) is 14.0. The maximum atomic E-state index is 10.9. The topological polar surface area (TPSA) is 83.8 Å². The van der Waals surface area contributed by atoms with Gasteiger partial charge < -0.3 is 14.9 Å². The van der Waals surface area contributed by atoms with Gasteiger partial charge in [0.2, 0.25) is 0 Å². The minimum absolute atomic E-state index is 0.0885. The Hall–Kier alpha value is -2.04. The van der Waals surface area contributed by atoms with Crippen molar-refractivity contribution >= 4 is 11.9 Å². The third kappa shape index (κ3) is 4.08. The number of aromatic carboxylic acids is 2. The summed E-state index contributed by atoms with van der Waals surface area (Å²) in [6.07, 6.45) is 0.819. The largest absolute Gasteiger partial charge is 0.494 e. The minimum atomic E-state index is -1.17. The van der Waals surface area contributed by atoms with Gasteiger partial charge in [-0.25, -0.2) is 9.59 Å². The van der Waals surface area contributed by atoms with Gasteiger partial charge in [0, 0.05) is 0 Å². The van der Waals surface area contributed by atoms with Crippen molar-refractivity contribution in [2.24, 2.45) is 5.92 Å². The fraction of sp³-hybridized carbons (Fsp3) is 0.385. The Morgan fingerprint density at radius 2 is 1.61 bits per heavy atom. The van der Waals surface area contributed by atoms with Gasteiger partial charge in [-0.3, -0.25) is 0 Å². The molecule has 18 heavy (non-hydrogen) atoms. The standard InChI is InChI=1S/C13H16O5/c1-8(2)3-4-18-11-6-9(12(14)15)5-10(7-11)13(16)17/h5-8H,3-4H2,1-2H3,(H,14,15)(H,16,17). The lowest BCUT2D eigenvalue weighted by Gasteiger charge is -2.09.